The van der Waals surface area contributed by atoms with Crippen LogP contribution < -0.4 is 16.2 Å². The van der Waals surface area contributed by atoms with E-state index in [0.29, 0.717) is 0 Å². The first-order valence-corrected chi connectivity index (χ1v) is 9.04. The summed E-state index contributed by atoms with van der Waals surface area (Å²) in [5.41, 5.74) is 4.85. The third kappa shape index (κ3) is 5.54. The van der Waals surface area contributed by atoms with Crippen molar-refractivity contribution in [3.8, 4) is 0 Å². The van der Waals surface area contributed by atoms with Crippen molar-refractivity contribution in [3.63, 3.8) is 0 Å². The number of amides is 3. The molecule has 7 heteroatoms. The van der Waals surface area contributed by atoms with E-state index in [1.54, 1.807) is 0 Å². The lowest BCUT2D eigenvalue weighted by atomic mass is 9.88. The van der Waals surface area contributed by atoms with Gasteiger partial charge >= 0.3 is 0 Å². The molecule has 1 fully saturated rings. The van der Waals surface area contributed by atoms with Crippen LogP contribution >= 0.6 is 0 Å². The molecule has 0 aliphatic heterocycles. The Hall–Kier alpha value is -2.44. The van der Waals surface area contributed by atoms with Crippen LogP contribution in [-0.2, 0) is 9.59 Å². The van der Waals surface area contributed by atoms with Crippen molar-refractivity contribution in [2.45, 2.75) is 52.0 Å². The van der Waals surface area contributed by atoms with Crippen molar-refractivity contribution >= 4 is 17.7 Å². The van der Waals surface area contributed by atoms with Gasteiger partial charge in [0.05, 0.1) is 0 Å². The van der Waals surface area contributed by atoms with Crippen molar-refractivity contribution < 1.29 is 18.8 Å². The Labute approximate surface area is 152 Å². The van der Waals surface area contributed by atoms with Gasteiger partial charge in [0.15, 0.2) is 0 Å². The van der Waals surface area contributed by atoms with Gasteiger partial charge in [0, 0.05) is 11.5 Å². The van der Waals surface area contributed by atoms with E-state index in [-0.39, 0.29) is 23.3 Å². The molecule has 0 heterocycles. The van der Waals surface area contributed by atoms with Crippen LogP contribution in [-0.4, -0.2) is 23.8 Å². The standard InChI is InChI=1S/C19H26FN3O3/c1-12(2)16(21-17(24)13-6-4-3-5-7-13)19(26)23-22-18(25)14-8-10-15(20)11-9-14/h8-13,16H,3-7H2,1-2H3,(H,21,24)(H,22,25)(H,23,26). The van der Waals surface area contributed by atoms with Crippen LogP contribution in [0.2, 0.25) is 0 Å². The van der Waals surface area contributed by atoms with E-state index in [1.807, 2.05) is 13.8 Å². The lowest BCUT2D eigenvalue weighted by molar-refractivity contribution is -0.133. The van der Waals surface area contributed by atoms with Crippen LogP contribution in [0.4, 0.5) is 4.39 Å². The molecular formula is C19H26FN3O3. The number of halogens is 1. The minimum atomic E-state index is -0.738. The van der Waals surface area contributed by atoms with Gasteiger partial charge in [-0.3, -0.25) is 25.2 Å². The zero-order valence-corrected chi connectivity index (χ0v) is 15.2. The fourth-order valence-corrected chi connectivity index (χ4v) is 3.04. The van der Waals surface area contributed by atoms with E-state index in [0.717, 1.165) is 44.2 Å². The maximum absolute atomic E-state index is 12.9. The van der Waals surface area contributed by atoms with Crippen LogP contribution in [0, 0.1) is 17.7 Å². The van der Waals surface area contributed by atoms with Crippen LogP contribution in [0.1, 0.15) is 56.3 Å². The maximum atomic E-state index is 12.9. The topological polar surface area (TPSA) is 87.3 Å². The SMILES string of the molecule is CC(C)C(NC(=O)C1CCCCC1)C(=O)NNC(=O)c1ccc(F)cc1. The van der Waals surface area contributed by atoms with Crippen LogP contribution in [0.15, 0.2) is 24.3 Å². The summed E-state index contributed by atoms with van der Waals surface area (Å²) in [6.07, 6.45) is 4.90. The molecule has 1 aromatic carbocycles. The first-order valence-electron chi connectivity index (χ1n) is 9.04. The molecule has 26 heavy (non-hydrogen) atoms. The smallest absolute Gasteiger partial charge is 0.269 e. The molecule has 142 valence electrons. The summed E-state index contributed by atoms with van der Waals surface area (Å²) < 4.78 is 12.9. The summed E-state index contributed by atoms with van der Waals surface area (Å²) in [4.78, 5) is 36.8. The highest BCUT2D eigenvalue weighted by Crippen LogP contribution is 2.24. The summed E-state index contributed by atoms with van der Waals surface area (Å²) in [5, 5.41) is 2.81. The normalized spacial score (nSPS) is 16.0. The lowest BCUT2D eigenvalue weighted by Gasteiger charge is -2.26. The van der Waals surface area contributed by atoms with Gasteiger partial charge in [0.25, 0.3) is 11.8 Å². The highest BCUT2D eigenvalue weighted by molar-refractivity contribution is 5.96. The third-order valence-electron chi connectivity index (χ3n) is 4.63. The molecule has 1 aliphatic carbocycles. The Bertz CT molecular complexity index is 640. The van der Waals surface area contributed by atoms with Crippen molar-refractivity contribution in [1.82, 2.24) is 16.2 Å². The first-order chi connectivity index (χ1) is 12.4. The number of hydrogen-bond donors (Lipinski definition) is 3. The first kappa shape index (κ1) is 19.9. The molecule has 0 radical (unpaired) electrons. The molecule has 1 aromatic rings. The maximum Gasteiger partial charge on any atom is 0.269 e. The minimum absolute atomic E-state index is 0.0494. The molecule has 3 amide bonds. The van der Waals surface area contributed by atoms with Crippen LogP contribution in [0.3, 0.4) is 0 Å². The summed E-state index contributed by atoms with van der Waals surface area (Å²) in [5.74, 6) is -1.78. The van der Waals surface area contributed by atoms with Gasteiger partial charge in [0.1, 0.15) is 11.9 Å². The largest absolute Gasteiger partial charge is 0.344 e. The molecule has 0 aromatic heterocycles. The third-order valence-corrected chi connectivity index (χ3v) is 4.63. The Morgan fingerprint density at radius 3 is 2.19 bits per heavy atom. The van der Waals surface area contributed by atoms with Crippen molar-refractivity contribution in [2.75, 3.05) is 0 Å². The average Bonchev–Trinajstić information content (AvgIpc) is 2.64. The van der Waals surface area contributed by atoms with E-state index in [4.69, 9.17) is 0 Å². The zero-order chi connectivity index (χ0) is 19.1. The predicted molar refractivity (Wildman–Crippen MR) is 95.4 cm³/mol. The number of rotatable bonds is 5. The van der Waals surface area contributed by atoms with Gasteiger partial charge in [-0.15, -0.1) is 0 Å². The highest BCUT2D eigenvalue weighted by atomic mass is 19.1. The van der Waals surface area contributed by atoms with Crippen molar-refractivity contribution in [1.29, 1.82) is 0 Å². The Morgan fingerprint density at radius 2 is 1.62 bits per heavy atom. The predicted octanol–water partition coefficient (Wildman–Crippen LogP) is 2.31. The summed E-state index contributed by atoms with van der Waals surface area (Å²) in [7, 11) is 0. The average molecular weight is 363 g/mol. The van der Waals surface area contributed by atoms with Gasteiger partial charge in [-0.25, -0.2) is 4.39 Å². The number of hydrogen-bond acceptors (Lipinski definition) is 3. The Kier molecular flexibility index (Phi) is 7.12. The zero-order valence-electron chi connectivity index (χ0n) is 15.2. The van der Waals surface area contributed by atoms with Crippen molar-refractivity contribution in [3.05, 3.63) is 35.6 Å². The second-order valence-corrected chi connectivity index (χ2v) is 7.02. The lowest BCUT2D eigenvalue weighted by Crippen LogP contribution is -2.55. The van der Waals surface area contributed by atoms with Gasteiger partial charge in [-0.1, -0.05) is 33.1 Å². The molecule has 3 N–H and O–H groups in total. The van der Waals surface area contributed by atoms with E-state index >= 15 is 0 Å². The van der Waals surface area contributed by atoms with E-state index in [2.05, 4.69) is 16.2 Å². The number of benzene rings is 1. The summed E-state index contributed by atoms with van der Waals surface area (Å²) in [6, 6.07) is 4.23. The summed E-state index contributed by atoms with van der Waals surface area (Å²) in [6.45, 7) is 3.65. The fraction of sp³-hybridized carbons (Fsp3) is 0.526. The van der Waals surface area contributed by atoms with E-state index in [1.165, 1.54) is 12.1 Å². The van der Waals surface area contributed by atoms with Crippen LogP contribution in [0.5, 0.6) is 0 Å². The molecule has 1 aliphatic rings. The molecule has 0 saturated heterocycles. The van der Waals surface area contributed by atoms with E-state index < -0.39 is 23.7 Å². The minimum Gasteiger partial charge on any atom is -0.344 e. The van der Waals surface area contributed by atoms with Gasteiger partial charge in [0.2, 0.25) is 5.91 Å². The molecule has 0 spiro atoms. The second-order valence-electron chi connectivity index (χ2n) is 7.02. The number of carbonyl (C=O) groups excluding carboxylic acids is 3. The Morgan fingerprint density at radius 1 is 1.00 bits per heavy atom. The molecule has 1 saturated carbocycles. The van der Waals surface area contributed by atoms with Crippen LogP contribution in [0.25, 0.3) is 0 Å². The summed E-state index contributed by atoms with van der Waals surface area (Å²) >= 11 is 0. The molecule has 1 unspecified atom stereocenters. The molecule has 0 bridgehead atoms. The quantitative estimate of drug-likeness (QED) is 0.702. The molecule has 6 nitrogen and oxygen atoms in total. The molecule has 1 atom stereocenters. The number of nitrogens with one attached hydrogen (secondary N) is 3. The molecular weight excluding hydrogens is 337 g/mol. The fourth-order valence-electron chi connectivity index (χ4n) is 3.04. The van der Waals surface area contributed by atoms with Gasteiger partial charge < -0.3 is 5.32 Å². The second kappa shape index (κ2) is 9.31. The highest BCUT2D eigenvalue weighted by Gasteiger charge is 2.28. The number of carbonyl (C=O) groups is 3. The van der Waals surface area contributed by atoms with Crippen molar-refractivity contribution in [2.24, 2.45) is 11.8 Å². The van der Waals surface area contributed by atoms with Gasteiger partial charge in [-0.2, -0.15) is 0 Å². The Balaban J connectivity index is 1.89. The molecule has 2 rings (SSSR count). The van der Waals surface area contributed by atoms with Gasteiger partial charge in [-0.05, 0) is 43.0 Å². The number of hydrazine groups is 1. The van der Waals surface area contributed by atoms with E-state index in [9.17, 15) is 18.8 Å². The monoisotopic (exact) mass is 363 g/mol.